The number of nitrogens with zero attached hydrogens (tertiary/aromatic N) is 1. The first kappa shape index (κ1) is 19.9. The molecule has 32 heavy (non-hydrogen) atoms. The van der Waals surface area contributed by atoms with Crippen LogP contribution < -0.4 is 24.4 Å². The molecule has 3 aromatic carbocycles. The number of para-hydroxylation sites is 3. The molecule has 2 heterocycles. The zero-order valence-electron chi connectivity index (χ0n) is 17.3. The van der Waals surface area contributed by atoms with Crippen molar-refractivity contribution in [2.75, 3.05) is 30.0 Å². The summed E-state index contributed by atoms with van der Waals surface area (Å²) in [7, 11) is 0. The van der Waals surface area contributed by atoms with Crippen molar-refractivity contribution in [3.63, 3.8) is 0 Å². The van der Waals surface area contributed by atoms with Gasteiger partial charge < -0.3 is 24.4 Å². The maximum absolute atomic E-state index is 13.0. The monoisotopic (exact) mass is 430 g/mol. The Morgan fingerprint density at radius 3 is 2.53 bits per heavy atom. The van der Waals surface area contributed by atoms with Crippen LogP contribution >= 0.6 is 0 Å². The number of rotatable bonds is 5. The molecule has 0 saturated carbocycles. The van der Waals surface area contributed by atoms with E-state index in [2.05, 4.69) is 5.32 Å². The summed E-state index contributed by atoms with van der Waals surface area (Å²) in [5.74, 6) is 1.70. The van der Waals surface area contributed by atoms with E-state index in [9.17, 15) is 9.59 Å². The summed E-state index contributed by atoms with van der Waals surface area (Å²) >= 11 is 0. The molecule has 2 aliphatic heterocycles. The molecule has 2 amide bonds. The van der Waals surface area contributed by atoms with Crippen molar-refractivity contribution >= 4 is 23.2 Å². The lowest BCUT2D eigenvalue weighted by molar-refractivity contribution is -0.122. The van der Waals surface area contributed by atoms with Gasteiger partial charge in [0.1, 0.15) is 19.0 Å². The van der Waals surface area contributed by atoms with E-state index in [-0.39, 0.29) is 18.2 Å². The van der Waals surface area contributed by atoms with Crippen LogP contribution in [0.5, 0.6) is 23.0 Å². The number of carbonyl (C=O) groups is 2. The summed E-state index contributed by atoms with van der Waals surface area (Å²) in [6.07, 6.45) is 0.141. The van der Waals surface area contributed by atoms with Crippen LogP contribution in [-0.2, 0) is 9.59 Å². The predicted molar refractivity (Wildman–Crippen MR) is 119 cm³/mol. The minimum atomic E-state index is -0.472. The Morgan fingerprint density at radius 2 is 1.69 bits per heavy atom. The van der Waals surface area contributed by atoms with E-state index in [4.69, 9.17) is 14.2 Å². The molecule has 0 bridgehead atoms. The first-order chi connectivity index (χ1) is 15.7. The maximum atomic E-state index is 13.0. The second kappa shape index (κ2) is 8.63. The molecule has 3 aromatic rings. The molecule has 1 saturated heterocycles. The Morgan fingerprint density at radius 1 is 0.938 bits per heavy atom. The quantitative estimate of drug-likeness (QED) is 0.655. The van der Waals surface area contributed by atoms with Crippen molar-refractivity contribution in [2.24, 2.45) is 5.92 Å². The molecular weight excluding hydrogens is 408 g/mol. The highest BCUT2D eigenvalue weighted by molar-refractivity contribution is 6.04. The van der Waals surface area contributed by atoms with Crippen LogP contribution in [0.3, 0.4) is 0 Å². The van der Waals surface area contributed by atoms with Gasteiger partial charge in [0, 0.05) is 24.7 Å². The third-order valence-electron chi connectivity index (χ3n) is 5.45. The molecule has 5 rings (SSSR count). The average molecular weight is 430 g/mol. The van der Waals surface area contributed by atoms with E-state index in [1.54, 1.807) is 29.2 Å². The van der Waals surface area contributed by atoms with Crippen LogP contribution in [0.2, 0.25) is 0 Å². The van der Waals surface area contributed by atoms with Gasteiger partial charge in [-0.1, -0.05) is 30.3 Å². The van der Waals surface area contributed by atoms with E-state index >= 15 is 0 Å². The molecule has 1 fully saturated rings. The summed E-state index contributed by atoms with van der Waals surface area (Å²) in [5, 5.41) is 2.93. The van der Waals surface area contributed by atoms with Crippen LogP contribution in [0.25, 0.3) is 0 Å². The van der Waals surface area contributed by atoms with E-state index in [0.717, 1.165) is 0 Å². The minimum Gasteiger partial charge on any atom is -0.486 e. The number of anilines is 2. The number of hydrogen-bond acceptors (Lipinski definition) is 5. The number of hydrogen-bond donors (Lipinski definition) is 1. The lowest BCUT2D eigenvalue weighted by Gasteiger charge is -2.22. The molecule has 0 unspecified atom stereocenters. The van der Waals surface area contributed by atoms with Crippen LogP contribution in [0, 0.1) is 5.92 Å². The molecule has 0 spiro atoms. The Hall–Kier alpha value is -4.00. The van der Waals surface area contributed by atoms with Gasteiger partial charge in [0.05, 0.1) is 11.6 Å². The molecule has 0 aromatic heterocycles. The van der Waals surface area contributed by atoms with Gasteiger partial charge in [-0.3, -0.25) is 9.59 Å². The highest BCUT2D eigenvalue weighted by atomic mass is 16.6. The van der Waals surface area contributed by atoms with Gasteiger partial charge in [-0.2, -0.15) is 0 Å². The Kier molecular flexibility index (Phi) is 5.37. The fourth-order valence-electron chi connectivity index (χ4n) is 3.84. The molecule has 7 heteroatoms. The zero-order chi connectivity index (χ0) is 21.9. The van der Waals surface area contributed by atoms with Crippen LogP contribution in [0.15, 0.2) is 72.8 Å². The zero-order valence-corrected chi connectivity index (χ0v) is 17.3. The summed E-state index contributed by atoms with van der Waals surface area (Å²) in [5.41, 5.74) is 1.26. The molecule has 162 valence electrons. The molecule has 1 atom stereocenters. The molecule has 0 aliphatic carbocycles. The Balaban J connectivity index is 1.29. The number of benzene rings is 3. The fraction of sp³-hybridized carbons (Fsp3) is 0.200. The fourth-order valence-corrected chi connectivity index (χ4v) is 3.84. The van der Waals surface area contributed by atoms with Crippen LogP contribution in [-0.4, -0.2) is 31.6 Å². The third-order valence-corrected chi connectivity index (χ3v) is 5.45. The van der Waals surface area contributed by atoms with Crippen molar-refractivity contribution in [3.05, 3.63) is 72.8 Å². The lowest BCUT2D eigenvalue weighted by atomic mass is 10.1. The highest BCUT2D eigenvalue weighted by Gasteiger charge is 2.36. The van der Waals surface area contributed by atoms with Crippen molar-refractivity contribution < 1.29 is 23.8 Å². The van der Waals surface area contributed by atoms with E-state index in [1.165, 1.54) is 0 Å². The summed E-state index contributed by atoms with van der Waals surface area (Å²) < 4.78 is 17.1. The highest BCUT2D eigenvalue weighted by Crippen LogP contribution is 2.36. The smallest absolute Gasteiger partial charge is 0.229 e. The maximum Gasteiger partial charge on any atom is 0.229 e. The Bertz CT molecular complexity index is 1150. The van der Waals surface area contributed by atoms with Gasteiger partial charge in [0.2, 0.25) is 11.8 Å². The number of nitrogens with one attached hydrogen (secondary N) is 1. The van der Waals surface area contributed by atoms with Gasteiger partial charge in [-0.05, 0) is 36.4 Å². The molecule has 7 nitrogen and oxygen atoms in total. The molecule has 1 N–H and O–H groups in total. The summed E-state index contributed by atoms with van der Waals surface area (Å²) in [6.45, 7) is 1.28. The van der Waals surface area contributed by atoms with E-state index in [0.29, 0.717) is 54.1 Å². The number of fused-ring (bicyclic) bond motifs is 1. The van der Waals surface area contributed by atoms with Gasteiger partial charge in [-0.15, -0.1) is 0 Å². The van der Waals surface area contributed by atoms with Crippen molar-refractivity contribution in [1.29, 1.82) is 0 Å². The van der Waals surface area contributed by atoms with Crippen molar-refractivity contribution in [3.8, 4) is 23.0 Å². The van der Waals surface area contributed by atoms with Gasteiger partial charge >= 0.3 is 0 Å². The SMILES string of the molecule is O=C(Nc1ccccc1Oc1ccccc1)[C@@H]1CC(=O)N(c2ccc3c(c2)OCCO3)C1. The summed E-state index contributed by atoms with van der Waals surface area (Å²) in [6, 6.07) is 22.0. The van der Waals surface area contributed by atoms with Gasteiger partial charge in [-0.25, -0.2) is 0 Å². The topological polar surface area (TPSA) is 77.1 Å². The second-order valence-corrected chi connectivity index (χ2v) is 7.63. The predicted octanol–water partition coefficient (Wildman–Crippen LogP) is 4.24. The van der Waals surface area contributed by atoms with Crippen LogP contribution in [0.4, 0.5) is 11.4 Å². The average Bonchev–Trinajstić information content (AvgIpc) is 3.22. The second-order valence-electron chi connectivity index (χ2n) is 7.63. The summed E-state index contributed by atoms with van der Waals surface area (Å²) in [4.78, 5) is 27.3. The minimum absolute atomic E-state index is 0.101. The number of ether oxygens (including phenoxy) is 3. The molecular formula is C25H22N2O5. The van der Waals surface area contributed by atoms with Gasteiger partial charge in [0.25, 0.3) is 0 Å². The standard InChI is InChI=1S/C25H22N2O5/c28-24-14-17(16-27(24)18-10-11-22-23(15-18)31-13-12-30-22)25(29)26-20-8-4-5-9-21(20)32-19-6-2-1-3-7-19/h1-11,15,17H,12-14,16H2,(H,26,29)/t17-/m1/s1. The number of amides is 2. The largest absolute Gasteiger partial charge is 0.486 e. The number of carbonyl (C=O) groups excluding carboxylic acids is 2. The van der Waals surface area contributed by atoms with Crippen LogP contribution in [0.1, 0.15) is 6.42 Å². The van der Waals surface area contributed by atoms with E-state index in [1.807, 2.05) is 48.5 Å². The first-order valence-corrected chi connectivity index (χ1v) is 10.5. The molecule has 2 aliphatic rings. The van der Waals surface area contributed by atoms with Crippen molar-refractivity contribution in [2.45, 2.75) is 6.42 Å². The lowest BCUT2D eigenvalue weighted by Crippen LogP contribution is -2.28. The Labute approximate surface area is 185 Å². The normalized spacial score (nSPS) is 17.2. The first-order valence-electron chi connectivity index (χ1n) is 10.5. The van der Waals surface area contributed by atoms with Gasteiger partial charge in [0.15, 0.2) is 17.2 Å². The third kappa shape index (κ3) is 4.09. The van der Waals surface area contributed by atoms with Crippen molar-refractivity contribution in [1.82, 2.24) is 0 Å². The van der Waals surface area contributed by atoms with E-state index < -0.39 is 5.92 Å². The molecule has 0 radical (unpaired) electrons.